The highest BCUT2D eigenvalue weighted by Gasteiger charge is 2.38. The molecule has 1 aliphatic rings. The van der Waals surface area contributed by atoms with E-state index in [0.29, 0.717) is 6.54 Å². The lowest BCUT2D eigenvalue weighted by atomic mass is 10.3. The van der Waals surface area contributed by atoms with Crippen molar-refractivity contribution in [3.8, 4) is 0 Å². The Hall–Kier alpha value is -0.920. The van der Waals surface area contributed by atoms with Crippen LogP contribution in [-0.4, -0.2) is 34.4 Å². The van der Waals surface area contributed by atoms with Gasteiger partial charge in [0.05, 0.1) is 23.2 Å². The van der Waals surface area contributed by atoms with Crippen LogP contribution in [-0.2, 0) is 16.6 Å². The molecule has 0 saturated heterocycles. The maximum Gasteiger partial charge on any atom is 0.217 e. The standard InChI is InChI=1S/C11H15N3O2S2/c1-8-10(14-5-6-17-11(14)12-8)7-13(2)18(15,16)9-3-4-9/h5-6,9H,3-4,7H2,1-2H3. The van der Waals surface area contributed by atoms with Crippen molar-refractivity contribution in [2.75, 3.05) is 7.05 Å². The molecule has 2 aromatic rings. The minimum Gasteiger partial charge on any atom is -0.293 e. The maximum atomic E-state index is 12.1. The number of hydrogen-bond acceptors (Lipinski definition) is 4. The Bertz CT molecular complexity index is 682. The molecule has 0 spiro atoms. The molecular formula is C11H15N3O2S2. The van der Waals surface area contributed by atoms with Gasteiger partial charge in [-0.25, -0.2) is 13.4 Å². The first-order valence-electron chi connectivity index (χ1n) is 5.86. The molecule has 0 aliphatic heterocycles. The van der Waals surface area contributed by atoms with E-state index in [1.165, 1.54) is 4.31 Å². The fourth-order valence-corrected chi connectivity index (χ4v) is 4.37. The highest BCUT2D eigenvalue weighted by atomic mass is 32.2. The van der Waals surface area contributed by atoms with Gasteiger partial charge in [-0.05, 0) is 19.8 Å². The largest absolute Gasteiger partial charge is 0.293 e. The SMILES string of the molecule is Cc1nc2sccn2c1CN(C)S(=O)(=O)C1CC1. The van der Waals surface area contributed by atoms with Crippen molar-refractivity contribution in [1.82, 2.24) is 13.7 Å². The first-order valence-corrected chi connectivity index (χ1v) is 8.24. The van der Waals surface area contributed by atoms with Gasteiger partial charge in [-0.3, -0.25) is 4.40 Å². The van der Waals surface area contributed by atoms with Gasteiger partial charge in [-0.15, -0.1) is 11.3 Å². The number of sulfonamides is 1. The quantitative estimate of drug-likeness (QED) is 0.858. The molecular weight excluding hydrogens is 270 g/mol. The van der Waals surface area contributed by atoms with Crippen LogP contribution in [0.25, 0.3) is 4.96 Å². The van der Waals surface area contributed by atoms with Crippen LogP contribution in [0.1, 0.15) is 24.2 Å². The summed E-state index contributed by atoms with van der Waals surface area (Å²) in [5, 5.41) is 1.80. The number of hydrogen-bond donors (Lipinski definition) is 0. The summed E-state index contributed by atoms with van der Waals surface area (Å²) in [6, 6.07) is 0. The molecule has 0 unspecified atom stereocenters. The lowest BCUT2D eigenvalue weighted by Gasteiger charge is -2.16. The predicted octanol–water partition coefficient (Wildman–Crippen LogP) is 1.63. The summed E-state index contributed by atoms with van der Waals surface area (Å²) in [7, 11) is -1.46. The number of nitrogens with zero attached hydrogens (tertiary/aromatic N) is 3. The second kappa shape index (κ2) is 4.04. The molecule has 98 valence electrons. The number of imidazole rings is 1. The van der Waals surface area contributed by atoms with Gasteiger partial charge in [0.1, 0.15) is 0 Å². The van der Waals surface area contributed by atoms with Crippen molar-refractivity contribution in [2.45, 2.75) is 31.6 Å². The highest BCUT2D eigenvalue weighted by Crippen LogP contribution is 2.31. The van der Waals surface area contributed by atoms with Crippen LogP contribution in [0.5, 0.6) is 0 Å². The van der Waals surface area contributed by atoms with Gasteiger partial charge in [0.15, 0.2) is 4.96 Å². The zero-order chi connectivity index (χ0) is 12.9. The molecule has 0 bridgehead atoms. The van der Waals surface area contributed by atoms with E-state index in [0.717, 1.165) is 29.2 Å². The summed E-state index contributed by atoms with van der Waals surface area (Å²) in [6.07, 6.45) is 3.53. The minimum atomic E-state index is -3.11. The van der Waals surface area contributed by atoms with Crippen LogP contribution in [0.4, 0.5) is 0 Å². The molecule has 0 amide bonds. The third kappa shape index (κ3) is 1.86. The summed E-state index contributed by atoms with van der Waals surface area (Å²) in [5.41, 5.74) is 1.86. The van der Waals surface area contributed by atoms with Crippen LogP contribution in [0.3, 0.4) is 0 Å². The molecule has 1 fully saturated rings. The van der Waals surface area contributed by atoms with Gasteiger partial charge in [0.25, 0.3) is 0 Å². The van der Waals surface area contributed by atoms with E-state index < -0.39 is 10.0 Å². The van der Waals surface area contributed by atoms with E-state index in [-0.39, 0.29) is 5.25 Å². The maximum absolute atomic E-state index is 12.1. The zero-order valence-electron chi connectivity index (χ0n) is 10.3. The summed E-state index contributed by atoms with van der Waals surface area (Å²) >= 11 is 1.56. The van der Waals surface area contributed by atoms with Gasteiger partial charge in [0, 0.05) is 18.6 Å². The molecule has 7 heteroatoms. The number of fused-ring (bicyclic) bond motifs is 1. The van der Waals surface area contributed by atoms with Gasteiger partial charge in [-0.2, -0.15) is 4.31 Å². The van der Waals surface area contributed by atoms with Crippen LogP contribution < -0.4 is 0 Å². The Labute approximate surface area is 110 Å². The summed E-state index contributed by atoms with van der Waals surface area (Å²) in [6.45, 7) is 2.31. The fourth-order valence-electron chi connectivity index (χ4n) is 2.05. The lowest BCUT2D eigenvalue weighted by Crippen LogP contribution is -2.30. The number of aryl methyl sites for hydroxylation is 1. The number of rotatable bonds is 4. The van der Waals surface area contributed by atoms with E-state index in [1.807, 2.05) is 22.9 Å². The molecule has 0 atom stereocenters. The summed E-state index contributed by atoms with van der Waals surface area (Å²) in [4.78, 5) is 5.35. The van der Waals surface area contributed by atoms with Crippen molar-refractivity contribution < 1.29 is 8.42 Å². The number of thiazole rings is 1. The molecule has 1 aliphatic carbocycles. The van der Waals surface area contributed by atoms with E-state index in [2.05, 4.69) is 4.98 Å². The Kier molecular flexibility index (Phi) is 2.72. The van der Waals surface area contributed by atoms with Crippen LogP contribution in [0.2, 0.25) is 0 Å². The summed E-state index contributed by atoms with van der Waals surface area (Å²) < 4.78 is 27.6. The molecule has 2 aromatic heterocycles. The zero-order valence-corrected chi connectivity index (χ0v) is 12.0. The molecule has 5 nitrogen and oxygen atoms in total. The van der Waals surface area contributed by atoms with Gasteiger partial charge >= 0.3 is 0 Å². The predicted molar refractivity (Wildman–Crippen MR) is 71.2 cm³/mol. The molecule has 0 aromatic carbocycles. The molecule has 3 rings (SSSR count). The topological polar surface area (TPSA) is 54.7 Å². The smallest absolute Gasteiger partial charge is 0.217 e. The third-order valence-corrected chi connectivity index (χ3v) is 6.38. The van der Waals surface area contributed by atoms with Crippen molar-refractivity contribution in [3.63, 3.8) is 0 Å². The average Bonchev–Trinajstić information content (AvgIpc) is 3.02. The van der Waals surface area contributed by atoms with E-state index in [1.54, 1.807) is 18.4 Å². The Morgan fingerprint density at radius 3 is 2.94 bits per heavy atom. The van der Waals surface area contributed by atoms with Crippen LogP contribution in [0.15, 0.2) is 11.6 Å². The Morgan fingerprint density at radius 1 is 1.56 bits per heavy atom. The first kappa shape index (κ1) is 12.1. The van der Waals surface area contributed by atoms with E-state index in [9.17, 15) is 8.42 Å². The van der Waals surface area contributed by atoms with Gasteiger partial charge < -0.3 is 0 Å². The lowest BCUT2D eigenvalue weighted by molar-refractivity contribution is 0.459. The minimum absolute atomic E-state index is 0.159. The van der Waals surface area contributed by atoms with Crippen molar-refractivity contribution in [2.24, 2.45) is 0 Å². The van der Waals surface area contributed by atoms with Gasteiger partial charge in [-0.1, -0.05) is 0 Å². The summed E-state index contributed by atoms with van der Waals surface area (Å²) in [5.74, 6) is 0. The first-order chi connectivity index (χ1) is 8.50. The van der Waals surface area contributed by atoms with Gasteiger partial charge in [0.2, 0.25) is 10.0 Å². The molecule has 0 radical (unpaired) electrons. The highest BCUT2D eigenvalue weighted by molar-refractivity contribution is 7.90. The van der Waals surface area contributed by atoms with Crippen molar-refractivity contribution in [3.05, 3.63) is 23.0 Å². The Balaban J connectivity index is 1.92. The second-order valence-corrected chi connectivity index (χ2v) is 7.89. The number of aromatic nitrogens is 2. The van der Waals surface area contributed by atoms with Crippen molar-refractivity contribution >= 4 is 26.3 Å². The van der Waals surface area contributed by atoms with E-state index >= 15 is 0 Å². The monoisotopic (exact) mass is 285 g/mol. The fraction of sp³-hybridized carbons (Fsp3) is 0.545. The van der Waals surface area contributed by atoms with Crippen LogP contribution >= 0.6 is 11.3 Å². The molecule has 0 N–H and O–H groups in total. The second-order valence-electron chi connectivity index (χ2n) is 4.70. The third-order valence-electron chi connectivity index (χ3n) is 3.31. The van der Waals surface area contributed by atoms with Crippen molar-refractivity contribution in [1.29, 1.82) is 0 Å². The molecule has 18 heavy (non-hydrogen) atoms. The average molecular weight is 285 g/mol. The van der Waals surface area contributed by atoms with E-state index in [4.69, 9.17) is 0 Å². The molecule has 1 saturated carbocycles. The normalized spacial score (nSPS) is 16.8. The Morgan fingerprint density at radius 2 is 2.28 bits per heavy atom. The molecule has 2 heterocycles. The van der Waals surface area contributed by atoms with Crippen LogP contribution in [0, 0.1) is 6.92 Å².